The van der Waals surface area contributed by atoms with Crippen LogP contribution in [0.5, 0.6) is 0 Å². The predicted molar refractivity (Wildman–Crippen MR) is 74.3 cm³/mol. The molecule has 1 aromatic rings. The lowest BCUT2D eigenvalue weighted by Crippen LogP contribution is -2.25. The van der Waals surface area contributed by atoms with Crippen LogP contribution in [0.4, 0.5) is 11.5 Å². The highest BCUT2D eigenvalue weighted by Crippen LogP contribution is 2.15. The average Bonchev–Trinajstić information content (AvgIpc) is 2.40. The van der Waals surface area contributed by atoms with Crippen molar-refractivity contribution in [3.05, 3.63) is 17.8 Å². The third kappa shape index (κ3) is 4.22. The summed E-state index contributed by atoms with van der Waals surface area (Å²) in [5, 5.41) is 11.9. The molecule has 0 aliphatic heterocycles. The topological polar surface area (TPSA) is 78.0 Å². The summed E-state index contributed by atoms with van der Waals surface area (Å²) in [6.45, 7) is 8.38. The van der Waals surface area contributed by atoms with Crippen LogP contribution in [-0.2, 0) is 0 Å². The maximum absolute atomic E-state index is 8.71. The van der Waals surface area contributed by atoms with Gasteiger partial charge in [-0.05, 0) is 32.1 Å². The lowest BCUT2D eigenvalue weighted by molar-refractivity contribution is 0.303. The Morgan fingerprint density at radius 2 is 2.17 bits per heavy atom. The fourth-order valence-corrected chi connectivity index (χ4v) is 1.74. The van der Waals surface area contributed by atoms with Gasteiger partial charge in [-0.2, -0.15) is 5.26 Å². The normalized spacial score (nSPS) is 10.3. The molecule has 0 aliphatic carbocycles. The number of nitrogens with zero attached hydrogens (tertiary/aromatic N) is 3. The van der Waals surface area contributed by atoms with E-state index >= 15 is 0 Å². The number of hydrogen-bond donors (Lipinski definition) is 2. The van der Waals surface area contributed by atoms with E-state index in [9.17, 15) is 0 Å². The highest BCUT2D eigenvalue weighted by molar-refractivity contribution is 5.62. The molecule has 0 atom stereocenters. The number of aromatic nitrogens is 1. The lowest BCUT2D eigenvalue weighted by atomic mass is 10.2. The van der Waals surface area contributed by atoms with Crippen LogP contribution in [0.15, 0.2) is 12.3 Å². The zero-order valence-corrected chi connectivity index (χ0v) is 11.1. The number of nitrogen functional groups attached to an aromatic ring is 1. The fourth-order valence-electron chi connectivity index (χ4n) is 1.74. The first kappa shape index (κ1) is 14.3. The number of anilines is 2. The highest BCUT2D eigenvalue weighted by Gasteiger charge is 2.02. The molecule has 1 aromatic heterocycles. The van der Waals surface area contributed by atoms with Crippen LogP contribution in [0.2, 0.25) is 0 Å². The van der Waals surface area contributed by atoms with E-state index in [4.69, 9.17) is 11.0 Å². The van der Waals surface area contributed by atoms with Gasteiger partial charge in [-0.1, -0.05) is 13.8 Å². The van der Waals surface area contributed by atoms with Crippen molar-refractivity contribution in [2.75, 3.05) is 37.2 Å². The summed E-state index contributed by atoms with van der Waals surface area (Å²) in [7, 11) is 0. The Morgan fingerprint density at radius 3 is 2.72 bits per heavy atom. The van der Waals surface area contributed by atoms with Gasteiger partial charge < -0.3 is 16.0 Å². The van der Waals surface area contributed by atoms with Crippen molar-refractivity contribution in [1.29, 1.82) is 5.26 Å². The van der Waals surface area contributed by atoms with E-state index in [2.05, 4.69) is 29.0 Å². The van der Waals surface area contributed by atoms with Crippen molar-refractivity contribution >= 4 is 11.5 Å². The molecule has 0 aliphatic rings. The maximum atomic E-state index is 8.71. The SMILES string of the molecule is CCN(CC)CCCNc1ncc(C#N)cc1N. The Balaban J connectivity index is 2.38. The molecule has 0 radical (unpaired) electrons. The van der Waals surface area contributed by atoms with Gasteiger partial charge in [0.05, 0.1) is 11.3 Å². The van der Waals surface area contributed by atoms with Gasteiger partial charge in [-0.25, -0.2) is 4.98 Å². The van der Waals surface area contributed by atoms with Crippen molar-refractivity contribution in [1.82, 2.24) is 9.88 Å². The molecule has 0 spiro atoms. The standard InChI is InChI=1S/C13H21N5/c1-3-18(4-2)7-5-6-16-13-12(15)8-11(9-14)10-17-13/h8,10H,3-7,15H2,1-2H3,(H,16,17). The van der Waals surface area contributed by atoms with Gasteiger partial charge in [0.2, 0.25) is 0 Å². The molecule has 0 unspecified atom stereocenters. The zero-order valence-electron chi connectivity index (χ0n) is 11.1. The molecule has 0 fully saturated rings. The molecule has 0 aromatic carbocycles. The molecule has 0 amide bonds. The molecular weight excluding hydrogens is 226 g/mol. The van der Waals surface area contributed by atoms with E-state index in [1.54, 1.807) is 6.07 Å². The first-order valence-corrected chi connectivity index (χ1v) is 6.33. The van der Waals surface area contributed by atoms with Gasteiger partial charge in [0, 0.05) is 12.7 Å². The van der Waals surface area contributed by atoms with Crippen LogP contribution in [0.1, 0.15) is 25.8 Å². The van der Waals surface area contributed by atoms with E-state index in [1.807, 2.05) is 6.07 Å². The summed E-state index contributed by atoms with van der Waals surface area (Å²) >= 11 is 0. The second kappa shape index (κ2) is 7.51. The second-order valence-corrected chi connectivity index (χ2v) is 4.08. The largest absolute Gasteiger partial charge is 0.396 e. The molecule has 18 heavy (non-hydrogen) atoms. The van der Waals surface area contributed by atoms with Crippen LogP contribution in [-0.4, -0.2) is 36.1 Å². The highest BCUT2D eigenvalue weighted by atomic mass is 15.1. The van der Waals surface area contributed by atoms with Gasteiger partial charge in [0.25, 0.3) is 0 Å². The summed E-state index contributed by atoms with van der Waals surface area (Å²) in [6, 6.07) is 3.65. The second-order valence-electron chi connectivity index (χ2n) is 4.08. The number of rotatable bonds is 7. The number of nitriles is 1. The van der Waals surface area contributed by atoms with Crippen LogP contribution in [0.3, 0.4) is 0 Å². The van der Waals surface area contributed by atoms with Gasteiger partial charge in [0.15, 0.2) is 0 Å². The van der Waals surface area contributed by atoms with Crippen molar-refractivity contribution in [2.45, 2.75) is 20.3 Å². The monoisotopic (exact) mass is 247 g/mol. The molecule has 3 N–H and O–H groups in total. The summed E-state index contributed by atoms with van der Waals surface area (Å²) in [6.07, 6.45) is 2.58. The van der Waals surface area contributed by atoms with E-state index in [-0.39, 0.29) is 0 Å². The Kier molecular flexibility index (Phi) is 5.95. The molecule has 5 heteroatoms. The predicted octanol–water partition coefficient (Wildman–Crippen LogP) is 1.68. The summed E-state index contributed by atoms with van der Waals surface area (Å²) < 4.78 is 0. The first-order valence-electron chi connectivity index (χ1n) is 6.33. The van der Waals surface area contributed by atoms with Crippen LogP contribution in [0.25, 0.3) is 0 Å². The van der Waals surface area contributed by atoms with E-state index in [1.165, 1.54) is 6.20 Å². The fraction of sp³-hybridized carbons (Fsp3) is 0.538. The Bertz CT molecular complexity index is 406. The molecule has 0 saturated carbocycles. The third-order valence-electron chi connectivity index (χ3n) is 2.88. The molecule has 1 heterocycles. The van der Waals surface area contributed by atoms with Gasteiger partial charge in [-0.15, -0.1) is 0 Å². The first-order chi connectivity index (χ1) is 8.71. The van der Waals surface area contributed by atoms with Crippen LogP contribution >= 0.6 is 0 Å². The third-order valence-corrected chi connectivity index (χ3v) is 2.88. The molecule has 1 rings (SSSR count). The van der Waals surface area contributed by atoms with Crippen molar-refractivity contribution in [3.8, 4) is 6.07 Å². The van der Waals surface area contributed by atoms with E-state index < -0.39 is 0 Å². The number of nitrogens with one attached hydrogen (secondary N) is 1. The lowest BCUT2D eigenvalue weighted by Gasteiger charge is -2.18. The minimum absolute atomic E-state index is 0.487. The molecular formula is C13H21N5. The van der Waals surface area contributed by atoms with E-state index in [0.29, 0.717) is 17.1 Å². The van der Waals surface area contributed by atoms with Gasteiger partial charge in [0.1, 0.15) is 11.9 Å². The van der Waals surface area contributed by atoms with Gasteiger partial charge >= 0.3 is 0 Å². The van der Waals surface area contributed by atoms with Crippen molar-refractivity contribution in [3.63, 3.8) is 0 Å². The van der Waals surface area contributed by atoms with E-state index in [0.717, 1.165) is 32.6 Å². The van der Waals surface area contributed by atoms with Crippen LogP contribution in [0, 0.1) is 11.3 Å². The quantitative estimate of drug-likeness (QED) is 0.717. The molecule has 5 nitrogen and oxygen atoms in total. The van der Waals surface area contributed by atoms with Crippen LogP contribution < -0.4 is 11.1 Å². The number of hydrogen-bond acceptors (Lipinski definition) is 5. The summed E-state index contributed by atoms with van der Waals surface area (Å²) in [4.78, 5) is 6.51. The summed E-state index contributed by atoms with van der Waals surface area (Å²) in [5.41, 5.74) is 6.82. The number of nitrogens with two attached hydrogens (primary N) is 1. The maximum Gasteiger partial charge on any atom is 0.149 e. The Labute approximate surface area is 109 Å². The Morgan fingerprint density at radius 1 is 1.44 bits per heavy atom. The molecule has 0 bridgehead atoms. The Hall–Kier alpha value is -1.80. The number of pyridine rings is 1. The smallest absolute Gasteiger partial charge is 0.149 e. The molecule has 98 valence electrons. The minimum Gasteiger partial charge on any atom is -0.396 e. The van der Waals surface area contributed by atoms with Crippen molar-refractivity contribution in [2.24, 2.45) is 0 Å². The average molecular weight is 247 g/mol. The molecule has 0 saturated heterocycles. The minimum atomic E-state index is 0.487. The van der Waals surface area contributed by atoms with Crippen molar-refractivity contribution < 1.29 is 0 Å². The summed E-state index contributed by atoms with van der Waals surface area (Å²) in [5.74, 6) is 0.661. The van der Waals surface area contributed by atoms with Gasteiger partial charge in [-0.3, -0.25) is 0 Å². The zero-order chi connectivity index (χ0) is 13.4.